The summed E-state index contributed by atoms with van der Waals surface area (Å²) in [5, 5.41) is 0. The lowest BCUT2D eigenvalue weighted by Crippen LogP contribution is -2.32. The number of benzene rings is 3. The molecule has 0 saturated heterocycles. The first-order valence-electron chi connectivity index (χ1n) is 9.93. The molecule has 0 unspecified atom stereocenters. The average Bonchev–Trinajstić information content (AvgIpc) is 2.77. The summed E-state index contributed by atoms with van der Waals surface area (Å²) in [7, 11) is -8.05. The first-order valence-corrected chi connectivity index (χ1v) is 12.9. The molecule has 32 heavy (non-hydrogen) atoms. The Morgan fingerprint density at radius 3 is 1.78 bits per heavy atom. The van der Waals surface area contributed by atoms with Crippen LogP contribution in [-0.4, -0.2) is 16.8 Å². The van der Waals surface area contributed by atoms with Crippen LogP contribution < -0.4 is 4.72 Å². The molecular formula is C25H25NO4S2. The van der Waals surface area contributed by atoms with Crippen LogP contribution in [-0.2, 0) is 19.9 Å². The predicted molar refractivity (Wildman–Crippen MR) is 127 cm³/mol. The summed E-state index contributed by atoms with van der Waals surface area (Å²) >= 11 is 0. The van der Waals surface area contributed by atoms with Gasteiger partial charge in [0.05, 0.1) is 20.7 Å². The highest BCUT2D eigenvalue weighted by molar-refractivity contribution is 7.95. The highest BCUT2D eigenvalue weighted by Crippen LogP contribution is 2.32. The predicted octanol–water partition coefficient (Wildman–Crippen LogP) is 4.87. The van der Waals surface area contributed by atoms with Gasteiger partial charge in [-0.25, -0.2) is 16.8 Å². The third-order valence-corrected chi connectivity index (χ3v) is 8.27. The van der Waals surface area contributed by atoms with Crippen LogP contribution in [0, 0.1) is 13.8 Å². The molecule has 0 bridgehead atoms. The fourth-order valence-corrected chi connectivity index (χ4v) is 6.01. The van der Waals surface area contributed by atoms with Crippen LogP contribution in [0.25, 0.3) is 0 Å². The molecule has 166 valence electrons. The summed E-state index contributed by atoms with van der Waals surface area (Å²) < 4.78 is 56.1. The van der Waals surface area contributed by atoms with Crippen molar-refractivity contribution in [2.75, 3.05) is 0 Å². The molecule has 0 aliphatic carbocycles. The van der Waals surface area contributed by atoms with Crippen molar-refractivity contribution >= 4 is 19.9 Å². The first-order chi connectivity index (χ1) is 15.1. The van der Waals surface area contributed by atoms with E-state index >= 15 is 0 Å². The quantitative estimate of drug-likeness (QED) is 0.480. The van der Waals surface area contributed by atoms with Crippen molar-refractivity contribution in [1.82, 2.24) is 4.72 Å². The fraction of sp³-hybridized carbons (Fsp3) is 0.120. The zero-order valence-corrected chi connectivity index (χ0v) is 19.5. The highest BCUT2D eigenvalue weighted by Gasteiger charge is 2.32. The van der Waals surface area contributed by atoms with Gasteiger partial charge in [-0.05, 0) is 49.8 Å². The SMILES string of the molecule is C=C/C=C(/[C@H](NS(=O)(=O)c1ccc(C)cc1)c1ccccc1)S(=O)(=O)c1ccc(C)cc1. The molecule has 0 amide bonds. The van der Waals surface area contributed by atoms with Gasteiger partial charge < -0.3 is 0 Å². The third-order valence-electron chi connectivity index (χ3n) is 4.95. The molecular weight excluding hydrogens is 442 g/mol. The molecule has 3 aromatic rings. The fourth-order valence-electron chi connectivity index (χ4n) is 3.19. The van der Waals surface area contributed by atoms with Gasteiger partial charge in [0, 0.05) is 0 Å². The Morgan fingerprint density at radius 2 is 1.28 bits per heavy atom. The van der Waals surface area contributed by atoms with Crippen LogP contribution in [0.5, 0.6) is 0 Å². The van der Waals surface area contributed by atoms with Crippen LogP contribution >= 0.6 is 0 Å². The normalized spacial score (nSPS) is 13.5. The lowest BCUT2D eigenvalue weighted by molar-refractivity contribution is 0.569. The van der Waals surface area contributed by atoms with Crippen LogP contribution in [0.2, 0.25) is 0 Å². The highest BCUT2D eigenvalue weighted by atomic mass is 32.2. The van der Waals surface area contributed by atoms with E-state index in [1.54, 1.807) is 54.6 Å². The Kier molecular flexibility index (Phi) is 7.13. The molecule has 0 fully saturated rings. The van der Waals surface area contributed by atoms with E-state index < -0.39 is 25.9 Å². The standard InChI is InChI=1S/C25H25NO4S2/c1-4-8-24(31(27,28)22-15-11-19(2)12-16-22)25(21-9-6-5-7-10-21)26-32(29,30)23-17-13-20(3)14-18-23/h4-18,25-26H,1H2,2-3H3/b24-8-/t25-/m1/s1. The van der Waals surface area contributed by atoms with Crippen LogP contribution in [0.3, 0.4) is 0 Å². The van der Waals surface area contributed by atoms with Crippen molar-refractivity contribution in [3.8, 4) is 0 Å². The first kappa shape index (κ1) is 23.7. The topological polar surface area (TPSA) is 80.3 Å². The van der Waals surface area contributed by atoms with Crippen LogP contribution in [0.4, 0.5) is 0 Å². The third kappa shape index (κ3) is 5.24. The molecule has 0 heterocycles. The number of hydrogen-bond acceptors (Lipinski definition) is 4. The second-order valence-electron chi connectivity index (χ2n) is 7.40. The second-order valence-corrected chi connectivity index (χ2v) is 11.1. The van der Waals surface area contributed by atoms with Gasteiger partial charge in [0.2, 0.25) is 19.9 Å². The summed E-state index contributed by atoms with van der Waals surface area (Å²) in [6, 6.07) is 20.2. The van der Waals surface area contributed by atoms with E-state index in [0.29, 0.717) is 5.56 Å². The van der Waals surface area contributed by atoms with Gasteiger partial charge in [-0.3, -0.25) is 0 Å². The Balaban J connectivity index is 2.15. The minimum Gasteiger partial charge on any atom is -0.219 e. The molecule has 0 aliphatic rings. The maximum absolute atomic E-state index is 13.6. The number of sulfonamides is 1. The summed E-state index contributed by atoms with van der Waals surface area (Å²) in [6.07, 6.45) is 2.68. The van der Waals surface area contributed by atoms with Gasteiger partial charge in [-0.15, -0.1) is 0 Å². The van der Waals surface area contributed by atoms with E-state index in [-0.39, 0.29) is 14.7 Å². The molecule has 5 nitrogen and oxygen atoms in total. The van der Waals surface area contributed by atoms with Crippen molar-refractivity contribution in [2.24, 2.45) is 0 Å². The van der Waals surface area contributed by atoms with Gasteiger partial charge in [0.1, 0.15) is 0 Å². The van der Waals surface area contributed by atoms with Crippen molar-refractivity contribution in [2.45, 2.75) is 29.7 Å². The van der Waals surface area contributed by atoms with E-state index in [9.17, 15) is 16.8 Å². The van der Waals surface area contributed by atoms with Crippen LogP contribution in [0.1, 0.15) is 22.7 Å². The molecule has 0 saturated carbocycles. The van der Waals surface area contributed by atoms with Gasteiger partial charge in [-0.2, -0.15) is 4.72 Å². The largest absolute Gasteiger partial charge is 0.241 e. The Hall–Kier alpha value is -3.00. The van der Waals surface area contributed by atoms with Gasteiger partial charge in [-0.1, -0.05) is 78.4 Å². The van der Waals surface area contributed by atoms with E-state index in [4.69, 9.17) is 0 Å². The lowest BCUT2D eigenvalue weighted by Gasteiger charge is -2.23. The van der Waals surface area contributed by atoms with Crippen molar-refractivity contribution in [3.05, 3.63) is 119 Å². The molecule has 1 N–H and O–H groups in total. The monoisotopic (exact) mass is 467 g/mol. The maximum atomic E-state index is 13.6. The summed E-state index contributed by atoms with van der Waals surface area (Å²) in [6.45, 7) is 7.36. The summed E-state index contributed by atoms with van der Waals surface area (Å²) in [5.41, 5.74) is 2.32. The minimum atomic E-state index is -4.03. The maximum Gasteiger partial charge on any atom is 0.241 e. The number of rotatable bonds is 8. The molecule has 1 atom stereocenters. The molecule has 0 aliphatic heterocycles. The minimum absolute atomic E-state index is 0.0507. The number of nitrogens with one attached hydrogen (secondary N) is 1. The number of allylic oxidation sites excluding steroid dienone is 2. The Labute approximate surface area is 190 Å². The Bertz CT molecular complexity index is 1330. The molecule has 3 aromatic carbocycles. The van der Waals surface area contributed by atoms with E-state index in [1.165, 1.54) is 36.4 Å². The van der Waals surface area contributed by atoms with Gasteiger partial charge >= 0.3 is 0 Å². The van der Waals surface area contributed by atoms with E-state index in [0.717, 1.165) is 11.1 Å². The van der Waals surface area contributed by atoms with Crippen LogP contribution in [0.15, 0.2) is 112 Å². The van der Waals surface area contributed by atoms with Crippen molar-refractivity contribution in [1.29, 1.82) is 0 Å². The number of sulfone groups is 1. The number of hydrogen-bond donors (Lipinski definition) is 1. The van der Waals surface area contributed by atoms with E-state index in [1.807, 2.05) is 13.8 Å². The van der Waals surface area contributed by atoms with E-state index in [2.05, 4.69) is 11.3 Å². The van der Waals surface area contributed by atoms with Gasteiger partial charge in [0.15, 0.2) is 0 Å². The number of aryl methyl sites for hydroxylation is 2. The molecule has 0 radical (unpaired) electrons. The zero-order valence-electron chi connectivity index (χ0n) is 17.9. The average molecular weight is 468 g/mol. The Morgan fingerprint density at radius 1 is 0.781 bits per heavy atom. The molecule has 7 heteroatoms. The summed E-state index contributed by atoms with van der Waals surface area (Å²) in [5.74, 6) is 0. The molecule has 0 spiro atoms. The zero-order chi connectivity index (χ0) is 23.4. The molecule has 3 rings (SSSR count). The molecule has 0 aromatic heterocycles. The van der Waals surface area contributed by atoms with Crippen molar-refractivity contribution in [3.63, 3.8) is 0 Å². The smallest absolute Gasteiger partial charge is 0.219 e. The lowest BCUT2D eigenvalue weighted by atomic mass is 10.1. The van der Waals surface area contributed by atoms with Crippen molar-refractivity contribution < 1.29 is 16.8 Å². The van der Waals surface area contributed by atoms with Gasteiger partial charge in [0.25, 0.3) is 0 Å². The second kappa shape index (κ2) is 9.65. The summed E-state index contributed by atoms with van der Waals surface area (Å²) in [4.78, 5) is 0.0135.